The summed E-state index contributed by atoms with van der Waals surface area (Å²) in [7, 11) is 1.62. The average molecular weight is 216 g/mol. The molecule has 0 aliphatic carbocycles. The second kappa shape index (κ2) is 3.78. The molecule has 0 fully saturated rings. The molecule has 1 aromatic rings. The number of hydrogen-bond donors (Lipinski definition) is 0. The molecule has 0 aromatic carbocycles. The Bertz CT molecular complexity index is 242. The standard InChI is InChI=1S/C7H8BrN2O/c1-5(11-2)7-9-4-3-6(8)10-7/h4-5H,1-2H3. The summed E-state index contributed by atoms with van der Waals surface area (Å²) in [5, 5.41) is 0. The maximum atomic E-state index is 5.03. The first-order valence-electron chi connectivity index (χ1n) is 3.17. The van der Waals surface area contributed by atoms with Gasteiger partial charge in [0.25, 0.3) is 0 Å². The fraction of sp³-hybridized carbons (Fsp3) is 0.429. The average Bonchev–Trinajstić information content (AvgIpc) is 2.03. The van der Waals surface area contributed by atoms with Crippen molar-refractivity contribution in [2.75, 3.05) is 7.11 Å². The Morgan fingerprint density at radius 2 is 2.45 bits per heavy atom. The molecule has 0 N–H and O–H groups in total. The minimum absolute atomic E-state index is 0.0686. The highest BCUT2D eigenvalue weighted by molar-refractivity contribution is 9.10. The van der Waals surface area contributed by atoms with Gasteiger partial charge in [-0.3, -0.25) is 0 Å². The van der Waals surface area contributed by atoms with Gasteiger partial charge in [0.2, 0.25) is 0 Å². The first-order chi connectivity index (χ1) is 5.24. The molecule has 0 aliphatic heterocycles. The topological polar surface area (TPSA) is 35.0 Å². The van der Waals surface area contributed by atoms with E-state index in [1.807, 2.05) is 6.92 Å². The first-order valence-corrected chi connectivity index (χ1v) is 3.96. The molecule has 11 heavy (non-hydrogen) atoms. The van der Waals surface area contributed by atoms with Crippen LogP contribution in [0.2, 0.25) is 0 Å². The van der Waals surface area contributed by atoms with Crippen LogP contribution in [0.1, 0.15) is 18.9 Å². The van der Waals surface area contributed by atoms with E-state index in [0.717, 1.165) is 0 Å². The van der Waals surface area contributed by atoms with Gasteiger partial charge in [-0.25, -0.2) is 9.97 Å². The number of halogens is 1. The van der Waals surface area contributed by atoms with E-state index in [0.29, 0.717) is 10.4 Å². The molecule has 4 heteroatoms. The molecular weight excluding hydrogens is 208 g/mol. The lowest BCUT2D eigenvalue weighted by molar-refractivity contribution is 0.112. The molecule has 0 bridgehead atoms. The number of methoxy groups -OCH3 is 1. The zero-order valence-corrected chi connectivity index (χ0v) is 7.92. The van der Waals surface area contributed by atoms with Crippen molar-refractivity contribution in [3.05, 3.63) is 22.7 Å². The molecule has 1 unspecified atom stereocenters. The van der Waals surface area contributed by atoms with E-state index in [4.69, 9.17) is 4.74 Å². The number of hydrogen-bond acceptors (Lipinski definition) is 3. The van der Waals surface area contributed by atoms with Gasteiger partial charge < -0.3 is 4.74 Å². The van der Waals surface area contributed by atoms with Crippen molar-refractivity contribution >= 4 is 15.9 Å². The van der Waals surface area contributed by atoms with Gasteiger partial charge >= 0.3 is 0 Å². The highest BCUT2D eigenvalue weighted by Crippen LogP contribution is 2.12. The summed E-state index contributed by atoms with van der Waals surface area (Å²) in [6.45, 7) is 1.89. The van der Waals surface area contributed by atoms with Gasteiger partial charge in [0.05, 0.1) is 0 Å². The molecule has 1 radical (unpaired) electrons. The Kier molecular flexibility index (Phi) is 2.96. The summed E-state index contributed by atoms with van der Waals surface area (Å²) in [6, 6.07) is 2.79. The predicted octanol–water partition coefficient (Wildman–Crippen LogP) is 1.75. The van der Waals surface area contributed by atoms with Crippen LogP contribution in [-0.4, -0.2) is 17.1 Å². The number of ether oxygens (including phenoxy) is 1. The monoisotopic (exact) mass is 215 g/mol. The zero-order valence-electron chi connectivity index (χ0n) is 6.34. The number of aromatic nitrogens is 2. The van der Waals surface area contributed by atoms with Crippen molar-refractivity contribution in [2.24, 2.45) is 0 Å². The molecule has 0 amide bonds. The van der Waals surface area contributed by atoms with E-state index in [-0.39, 0.29) is 6.10 Å². The largest absolute Gasteiger partial charge is 0.374 e. The van der Waals surface area contributed by atoms with Crippen LogP contribution in [0, 0.1) is 6.07 Å². The zero-order chi connectivity index (χ0) is 8.27. The van der Waals surface area contributed by atoms with E-state index in [1.54, 1.807) is 13.3 Å². The molecule has 1 rings (SSSR count). The first kappa shape index (κ1) is 8.62. The van der Waals surface area contributed by atoms with Gasteiger partial charge in [0, 0.05) is 19.4 Å². The van der Waals surface area contributed by atoms with Crippen LogP contribution in [0.5, 0.6) is 0 Å². The number of rotatable bonds is 2. The molecule has 59 valence electrons. The van der Waals surface area contributed by atoms with Gasteiger partial charge in [0.1, 0.15) is 10.7 Å². The fourth-order valence-corrected chi connectivity index (χ4v) is 0.899. The minimum atomic E-state index is -0.0686. The van der Waals surface area contributed by atoms with Crippen molar-refractivity contribution in [1.82, 2.24) is 9.97 Å². The Hall–Kier alpha value is -0.480. The van der Waals surface area contributed by atoms with Gasteiger partial charge in [-0.1, -0.05) is 0 Å². The quantitative estimate of drug-likeness (QED) is 0.706. The lowest BCUT2D eigenvalue weighted by atomic mass is 10.4. The van der Waals surface area contributed by atoms with Crippen molar-refractivity contribution in [3.63, 3.8) is 0 Å². The molecule has 3 nitrogen and oxygen atoms in total. The molecule has 1 heterocycles. The summed E-state index contributed by atoms with van der Waals surface area (Å²) < 4.78 is 5.69. The van der Waals surface area contributed by atoms with Crippen LogP contribution in [0.25, 0.3) is 0 Å². The molecule has 0 saturated heterocycles. The van der Waals surface area contributed by atoms with Crippen LogP contribution in [0.15, 0.2) is 10.8 Å². The van der Waals surface area contributed by atoms with Crippen LogP contribution >= 0.6 is 15.9 Å². The molecule has 1 atom stereocenters. The predicted molar refractivity (Wildman–Crippen MR) is 44.0 cm³/mol. The molecule has 0 saturated carbocycles. The summed E-state index contributed by atoms with van der Waals surface area (Å²) >= 11 is 3.20. The maximum Gasteiger partial charge on any atom is 0.158 e. The van der Waals surface area contributed by atoms with Gasteiger partial charge in [-0.2, -0.15) is 0 Å². The lowest BCUT2D eigenvalue weighted by Crippen LogP contribution is -2.01. The fourth-order valence-electron chi connectivity index (χ4n) is 0.615. The van der Waals surface area contributed by atoms with Crippen LogP contribution < -0.4 is 0 Å². The number of nitrogens with zero attached hydrogens (tertiary/aromatic N) is 2. The second-order valence-corrected chi connectivity index (χ2v) is 2.79. The van der Waals surface area contributed by atoms with E-state index in [9.17, 15) is 0 Å². The second-order valence-electron chi connectivity index (χ2n) is 2.04. The highest BCUT2D eigenvalue weighted by Gasteiger charge is 2.05. The lowest BCUT2D eigenvalue weighted by Gasteiger charge is -2.06. The Labute approximate surface area is 73.9 Å². The Morgan fingerprint density at radius 1 is 1.73 bits per heavy atom. The van der Waals surface area contributed by atoms with Crippen molar-refractivity contribution in [3.8, 4) is 0 Å². The minimum Gasteiger partial charge on any atom is -0.374 e. The molecule has 1 aromatic heterocycles. The van der Waals surface area contributed by atoms with E-state index in [2.05, 4.69) is 32.0 Å². The molecule has 0 spiro atoms. The molecule has 0 aliphatic rings. The third-order valence-electron chi connectivity index (χ3n) is 1.31. The van der Waals surface area contributed by atoms with Crippen molar-refractivity contribution in [2.45, 2.75) is 13.0 Å². The maximum absolute atomic E-state index is 5.03. The molecular formula is C7H8BrN2O. The summed E-state index contributed by atoms with van der Waals surface area (Å²) in [5.74, 6) is 0.665. The van der Waals surface area contributed by atoms with Gasteiger partial charge in [-0.15, -0.1) is 0 Å². The smallest absolute Gasteiger partial charge is 0.158 e. The van der Waals surface area contributed by atoms with E-state index < -0.39 is 0 Å². The normalized spacial score (nSPS) is 13.0. The van der Waals surface area contributed by atoms with Gasteiger partial charge in [0.15, 0.2) is 5.82 Å². The van der Waals surface area contributed by atoms with Crippen molar-refractivity contribution in [1.29, 1.82) is 0 Å². The van der Waals surface area contributed by atoms with Crippen molar-refractivity contribution < 1.29 is 4.74 Å². The van der Waals surface area contributed by atoms with Crippen LogP contribution in [0.3, 0.4) is 0 Å². The van der Waals surface area contributed by atoms with E-state index >= 15 is 0 Å². The van der Waals surface area contributed by atoms with E-state index in [1.165, 1.54) is 0 Å². The van der Waals surface area contributed by atoms with Gasteiger partial charge in [-0.05, 0) is 22.9 Å². The van der Waals surface area contributed by atoms with Crippen LogP contribution in [0.4, 0.5) is 0 Å². The Balaban J connectivity index is 2.86. The summed E-state index contributed by atoms with van der Waals surface area (Å²) in [6.07, 6.45) is 1.50. The third kappa shape index (κ3) is 2.24. The highest BCUT2D eigenvalue weighted by atomic mass is 79.9. The van der Waals surface area contributed by atoms with Crippen LogP contribution in [-0.2, 0) is 4.74 Å². The Morgan fingerprint density at radius 3 is 3.00 bits per heavy atom. The third-order valence-corrected chi connectivity index (χ3v) is 1.72. The SMILES string of the molecule is COC(C)c1nc[c]c(Br)n1. The summed E-state index contributed by atoms with van der Waals surface area (Å²) in [5.41, 5.74) is 0. The summed E-state index contributed by atoms with van der Waals surface area (Å²) in [4.78, 5) is 8.06.